The molecule has 1 aromatic heterocycles. The highest BCUT2D eigenvalue weighted by Gasteiger charge is 2.26. The minimum Gasteiger partial charge on any atom is -0.461 e. The number of carbonyl (C=O) groups is 2. The van der Waals surface area contributed by atoms with Gasteiger partial charge in [0, 0.05) is 24.9 Å². The Bertz CT molecular complexity index is 783. The van der Waals surface area contributed by atoms with Crippen molar-refractivity contribution < 1.29 is 23.3 Å². The zero-order valence-corrected chi connectivity index (χ0v) is 13.8. The molecule has 0 saturated carbocycles. The van der Waals surface area contributed by atoms with Gasteiger partial charge in [-0.15, -0.1) is 0 Å². The Balaban J connectivity index is 2.72. The van der Waals surface area contributed by atoms with E-state index in [-0.39, 0.29) is 22.9 Å². The van der Waals surface area contributed by atoms with Crippen molar-refractivity contribution in [1.29, 1.82) is 0 Å². The van der Waals surface area contributed by atoms with E-state index in [4.69, 9.17) is 20.2 Å². The molecular weight excluding hydrogens is 330 g/mol. The van der Waals surface area contributed by atoms with E-state index in [0.717, 1.165) is 0 Å². The largest absolute Gasteiger partial charge is 0.461 e. The summed E-state index contributed by atoms with van der Waals surface area (Å²) in [6.07, 6.45) is 0. The van der Waals surface area contributed by atoms with E-state index in [9.17, 15) is 13.8 Å². The Hall–Kier alpha value is -1.86. The van der Waals surface area contributed by atoms with Gasteiger partial charge in [0.1, 0.15) is 11.4 Å². The SMILES string of the molecule is CCOC(=O)c1c(S(=O)Cl)c2cc(OC(C)=O)ccc2n1C. The minimum absolute atomic E-state index is 0.116. The highest BCUT2D eigenvalue weighted by molar-refractivity contribution is 8.08. The van der Waals surface area contributed by atoms with Crippen molar-refractivity contribution in [3.63, 3.8) is 0 Å². The first-order chi connectivity index (χ1) is 10.4. The van der Waals surface area contributed by atoms with Crippen molar-refractivity contribution in [2.75, 3.05) is 6.61 Å². The van der Waals surface area contributed by atoms with Crippen LogP contribution < -0.4 is 4.74 Å². The van der Waals surface area contributed by atoms with Crippen molar-refractivity contribution in [1.82, 2.24) is 4.57 Å². The van der Waals surface area contributed by atoms with Crippen LogP contribution in [0.25, 0.3) is 10.9 Å². The second kappa shape index (κ2) is 6.50. The van der Waals surface area contributed by atoms with Gasteiger partial charge in [-0.25, -0.2) is 9.00 Å². The lowest BCUT2D eigenvalue weighted by atomic mass is 10.2. The minimum atomic E-state index is -1.93. The summed E-state index contributed by atoms with van der Waals surface area (Å²) in [5.74, 6) is -0.807. The molecule has 1 aromatic carbocycles. The Morgan fingerprint density at radius 1 is 1.36 bits per heavy atom. The van der Waals surface area contributed by atoms with Gasteiger partial charge in [0.25, 0.3) is 0 Å². The maximum Gasteiger partial charge on any atom is 0.356 e. The molecule has 0 aliphatic carbocycles. The molecule has 118 valence electrons. The average Bonchev–Trinajstić information content (AvgIpc) is 2.71. The van der Waals surface area contributed by atoms with Crippen LogP contribution in [0.2, 0.25) is 0 Å². The number of nitrogens with zero attached hydrogens (tertiary/aromatic N) is 1. The molecule has 1 heterocycles. The Morgan fingerprint density at radius 3 is 2.59 bits per heavy atom. The number of fused-ring (bicyclic) bond motifs is 1. The van der Waals surface area contributed by atoms with Crippen LogP contribution in [0.15, 0.2) is 23.1 Å². The van der Waals surface area contributed by atoms with Gasteiger partial charge < -0.3 is 14.0 Å². The Kier molecular flexibility index (Phi) is 4.87. The summed E-state index contributed by atoms with van der Waals surface area (Å²) in [5.41, 5.74) is 0.744. The Morgan fingerprint density at radius 2 is 2.05 bits per heavy atom. The summed E-state index contributed by atoms with van der Waals surface area (Å²) in [6, 6.07) is 4.76. The molecule has 0 aliphatic rings. The van der Waals surface area contributed by atoms with Gasteiger partial charge in [-0.3, -0.25) is 4.79 Å². The third kappa shape index (κ3) is 3.00. The number of ether oxygens (including phenoxy) is 2. The number of halogens is 1. The first kappa shape index (κ1) is 16.5. The second-order valence-electron chi connectivity index (χ2n) is 4.45. The molecule has 2 rings (SSSR count). The van der Waals surface area contributed by atoms with Gasteiger partial charge in [-0.05, 0) is 35.8 Å². The fourth-order valence-corrected chi connectivity index (χ4v) is 3.39. The molecule has 0 aliphatic heterocycles. The molecular formula is C14H14ClNO5S. The molecule has 0 spiro atoms. The van der Waals surface area contributed by atoms with Crippen molar-refractivity contribution in [3.8, 4) is 5.75 Å². The molecule has 0 radical (unpaired) electrons. The lowest BCUT2D eigenvalue weighted by Gasteiger charge is -2.04. The predicted octanol–water partition coefficient (Wildman–Crippen LogP) is 2.54. The molecule has 1 unspecified atom stereocenters. The lowest BCUT2D eigenvalue weighted by Crippen LogP contribution is -2.11. The van der Waals surface area contributed by atoms with E-state index >= 15 is 0 Å². The third-order valence-electron chi connectivity index (χ3n) is 3.02. The van der Waals surface area contributed by atoms with Crippen molar-refractivity contribution in [3.05, 3.63) is 23.9 Å². The first-order valence-corrected chi connectivity index (χ1v) is 8.40. The molecule has 2 aromatic rings. The van der Waals surface area contributed by atoms with E-state index in [1.807, 2.05) is 0 Å². The number of benzene rings is 1. The van der Waals surface area contributed by atoms with Crippen LogP contribution in [-0.2, 0) is 26.6 Å². The van der Waals surface area contributed by atoms with Gasteiger partial charge in [-0.1, -0.05) is 0 Å². The number of rotatable bonds is 4. The summed E-state index contributed by atoms with van der Waals surface area (Å²) in [5, 5.41) is 0.470. The van der Waals surface area contributed by atoms with E-state index in [1.54, 1.807) is 30.7 Å². The number of hydrogen-bond acceptors (Lipinski definition) is 5. The van der Waals surface area contributed by atoms with E-state index in [2.05, 4.69) is 0 Å². The molecule has 0 N–H and O–H groups in total. The third-order valence-corrected chi connectivity index (χ3v) is 4.21. The van der Waals surface area contributed by atoms with Crippen LogP contribution in [0, 0.1) is 0 Å². The number of hydrogen-bond donors (Lipinski definition) is 0. The van der Waals surface area contributed by atoms with Crippen molar-refractivity contribution >= 4 is 43.5 Å². The quantitative estimate of drug-likeness (QED) is 0.484. The maximum absolute atomic E-state index is 12.1. The van der Waals surface area contributed by atoms with Crippen molar-refractivity contribution in [2.45, 2.75) is 18.7 Å². The molecule has 0 amide bonds. The maximum atomic E-state index is 12.1. The summed E-state index contributed by atoms with van der Waals surface area (Å²) in [6.45, 7) is 3.14. The topological polar surface area (TPSA) is 74.6 Å². The summed E-state index contributed by atoms with van der Waals surface area (Å²) >= 11 is 0. The molecule has 22 heavy (non-hydrogen) atoms. The van der Waals surface area contributed by atoms with E-state index in [0.29, 0.717) is 10.9 Å². The van der Waals surface area contributed by atoms with Crippen LogP contribution in [0.3, 0.4) is 0 Å². The van der Waals surface area contributed by atoms with Gasteiger partial charge in [0.2, 0.25) is 0 Å². The van der Waals surface area contributed by atoms with Crippen molar-refractivity contribution in [2.24, 2.45) is 7.05 Å². The summed E-state index contributed by atoms with van der Waals surface area (Å²) in [7, 11) is 5.46. The fourth-order valence-electron chi connectivity index (χ4n) is 2.21. The highest BCUT2D eigenvalue weighted by atomic mass is 35.7. The van der Waals surface area contributed by atoms with Gasteiger partial charge in [0.15, 0.2) is 10.0 Å². The van der Waals surface area contributed by atoms with Gasteiger partial charge in [-0.2, -0.15) is 0 Å². The molecule has 8 heteroatoms. The number of aryl methyl sites for hydroxylation is 1. The summed E-state index contributed by atoms with van der Waals surface area (Å²) in [4.78, 5) is 23.3. The highest BCUT2D eigenvalue weighted by Crippen LogP contribution is 2.33. The first-order valence-electron chi connectivity index (χ1n) is 6.42. The number of carbonyl (C=O) groups excluding carboxylic acids is 2. The zero-order valence-electron chi connectivity index (χ0n) is 12.2. The average molecular weight is 344 g/mol. The monoisotopic (exact) mass is 343 g/mol. The zero-order chi connectivity index (χ0) is 16.4. The van der Waals surface area contributed by atoms with Gasteiger partial charge >= 0.3 is 11.9 Å². The molecule has 0 saturated heterocycles. The van der Waals surface area contributed by atoms with E-state index in [1.165, 1.54) is 13.0 Å². The Labute approximate surface area is 133 Å². The van der Waals surface area contributed by atoms with Crippen LogP contribution in [0.5, 0.6) is 5.75 Å². The standard InChI is InChI=1S/C14H14ClNO5S/c1-4-20-14(18)12-13(22(15)19)10-7-9(21-8(2)17)5-6-11(10)16(12)3/h5-7H,4H2,1-3H3. The normalized spacial score (nSPS) is 12.2. The summed E-state index contributed by atoms with van der Waals surface area (Å²) < 4.78 is 23.4. The molecule has 1 atom stereocenters. The molecule has 6 nitrogen and oxygen atoms in total. The van der Waals surface area contributed by atoms with E-state index < -0.39 is 22.0 Å². The van der Waals surface area contributed by atoms with Crippen LogP contribution in [0.4, 0.5) is 0 Å². The smallest absolute Gasteiger partial charge is 0.356 e. The van der Waals surface area contributed by atoms with Crippen LogP contribution >= 0.6 is 10.7 Å². The second-order valence-corrected chi connectivity index (χ2v) is 6.15. The molecule has 0 fully saturated rings. The predicted molar refractivity (Wildman–Crippen MR) is 82.4 cm³/mol. The van der Waals surface area contributed by atoms with Crippen LogP contribution in [0.1, 0.15) is 24.3 Å². The number of esters is 2. The lowest BCUT2D eigenvalue weighted by molar-refractivity contribution is -0.131. The van der Waals surface area contributed by atoms with Gasteiger partial charge in [0.05, 0.1) is 11.5 Å². The number of aromatic nitrogens is 1. The van der Waals surface area contributed by atoms with Crippen LogP contribution in [-0.4, -0.2) is 27.3 Å². The fraction of sp³-hybridized carbons (Fsp3) is 0.286. The molecule has 0 bridgehead atoms.